The maximum absolute atomic E-state index is 11.3. The van der Waals surface area contributed by atoms with Gasteiger partial charge >= 0.3 is 5.97 Å². The van der Waals surface area contributed by atoms with Gasteiger partial charge in [-0.3, -0.25) is 4.79 Å². The second-order valence-corrected chi connectivity index (χ2v) is 3.08. The first-order valence-corrected chi connectivity index (χ1v) is 4.58. The lowest BCUT2D eigenvalue weighted by Gasteiger charge is -1.95. The minimum atomic E-state index is -0.525. The zero-order valence-corrected chi connectivity index (χ0v) is 8.79. The SMILES string of the molecule is C=C(CC)c1cc(C(=O)OC)c(C=O)[nH]1. The summed E-state index contributed by atoms with van der Waals surface area (Å²) in [6.45, 7) is 5.76. The second kappa shape index (κ2) is 4.59. The molecular weight excluding hydrogens is 194 g/mol. The molecule has 0 aliphatic rings. The molecule has 0 atom stereocenters. The third kappa shape index (κ3) is 2.15. The molecule has 1 heterocycles. The summed E-state index contributed by atoms with van der Waals surface area (Å²) in [6, 6.07) is 1.58. The molecule has 0 fully saturated rings. The summed E-state index contributed by atoms with van der Waals surface area (Å²) < 4.78 is 4.56. The maximum atomic E-state index is 11.3. The van der Waals surface area contributed by atoms with E-state index in [9.17, 15) is 9.59 Å². The number of carbonyl (C=O) groups is 2. The van der Waals surface area contributed by atoms with Gasteiger partial charge in [-0.15, -0.1) is 0 Å². The van der Waals surface area contributed by atoms with Crippen molar-refractivity contribution in [2.24, 2.45) is 0 Å². The summed E-state index contributed by atoms with van der Waals surface area (Å²) in [5, 5.41) is 0. The van der Waals surface area contributed by atoms with Gasteiger partial charge in [-0.2, -0.15) is 0 Å². The van der Waals surface area contributed by atoms with Crippen LogP contribution in [0.1, 0.15) is 39.9 Å². The maximum Gasteiger partial charge on any atom is 0.340 e. The van der Waals surface area contributed by atoms with E-state index >= 15 is 0 Å². The molecule has 0 amide bonds. The molecule has 1 rings (SSSR count). The largest absolute Gasteiger partial charge is 0.465 e. The molecule has 1 aromatic heterocycles. The van der Waals surface area contributed by atoms with Crippen molar-refractivity contribution in [3.05, 3.63) is 29.6 Å². The van der Waals surface area contributed by atoms with Gasteiger partial charge in [0.2, 0.25) is 0 Å². The van der Waals surface area contributed by atoms with Crippen LogP contribution in [0.15, 0.2) is 12.6 Å². The molecule has 0 saturated carbocycles. The summed E-state index contributed by atoms with van der Waals surface area (Å²) in [5.74, 6) is -0.525. The quantitative estimate of drug-likeness (QED) is 0.607. The van der Waals surface area contributed by atoms with Crippen LogP contribution in [0.2, 0.25) is 0 Å². The third-order valence-corrected chi connectivity index (χ3v) is 2.18. The molecular formula is C11H13NO3. The van der Waals surface area contributed by atoms with Crippen LogP contribution in [0, 0.1) is 0 Å². The molecule has 1 aromatic rings. The van der Waals surface area contributed by atoms with Crippen molar-refractivity contribution in [2.75, 3.05) is 7.11 Å². The Bertz CT molecular complexity index is 404. The Labute approximate surface area is 87.9 Å². The predicted octanol–water partition coefficient (Wildman–Crippen LogP) is 2.04. The van der Waals surface area contributed by atoms with E-state index in [2.05, 4.69) is 16.3 Å². The Kier molecular flexibility index (Phi) is 3.44. The molecule has 0 aromatic carbocycles. The standard InChI is InChI=1S/C11H13NO3/c1-4-7(2)9-5-8(11(14)15-3)10(6-13)12-9/h5-6,12H,2,4H2,1,3H3. The summed E-state index contributed by atoms with van der Waals surface area (Å²) >= 11 is 0. The molecule has 0 spiro atoms. The Balaban J connectivity index is 3.16. The average Bonchev–Trinajstić information content (AvgIpc) is 2.70. The Morgan fingerprint density at radius 3 is 2.80 bits per heavy atom. The molecule has 4 heteroatoms. The number of methoxy groups -OCH3 is 1. The van der Waals surface area contributed by atoms with Gasteiger partial charge in [-0.05, 0) is 18.1 Å². The molecule has 0 bridgehead atoms. The summed E-state index contributed by atoms with van der Waals surface area (Å²) in [7, 11) is 1.28. The summed E-state index contributed by atoms with van der Waals surface area (Å²) in [4.78, 5) is 24.8. The normalized spacial score (nSPS) is 9.73. The molecule has 4 nitrogen and oxygen atoms in total. The second-order valence-electron chi connectivity index (χ2n) is 3.08. The van der Waals surface area contributed by atoms with E-state index in [4.69, 9.17) is 0 Å². The fourth-order valence-corrected chi connectivity index (χ4v) is 1.22. The van der Waals surface area contributed by atoms with Crippen LogP contribution in [0.4, 0.5) is 0 Å². The van der Waals surface area contributed by atoms with Gasteiger partial charge in [-0.1, -0.05) is 13.5 Å². The topological polar surface area (TPSA) is 59.2 Å². The van der Waals surface area contributed by atoms with E-state index in [0.717, 1.165) is 12.0 Å². The van der Waals surface area contributed by atoms with Crippen LogP contribution in [-0.4, -0.2) is 24.3 Å². The highest BCUT2D eigenvalue weighted by Gasteiger charge is 2.15. The predicted molar refractivity (Wildman–Crippen MR) is 56.8 cm³/mol. The van der Waals surface area contributed by atoms with Gasteiger partial charge in [-0.25, -0.2) is 4.79 Å². The number of esters is 1. The lowest BCUT2D eigenvalue weighted by molar-refractivity contribution is 0.0598. The molecule has 80 valence electrons. The lowest BCUT2D eigenvalue weighted by atomic mass is 10.1. The number of rotatable bonds is 4. The number of aromatic nitrogens is 1. The number of aromatic amines is 1. The van der Waals surface area contributed by atoms with Crippen molar-refractivity contribution < 1.29 is 14.3 Å². The number of nitrogens with one attached hydrogen (secondary N) is 1. The number of hydrogen-bond acceptors (Lipinski definition) is 3. The first-order valence-electron chi connectivity index (χ1n) is 4.58. The summed E-state index contributed by atoms with van der Waals surface area (Å²) in [5.41, 5.74) is 2.01. The van der Waals surface area contributed by atoms with Crippen molar-refractivity contribution >= 4 is 17.8 Å². The van der Waals surface area contributed by atoms with Crippen molar-refractivity contribution in [3.63, 3.8) is 0 Å². The van der Waals surface area contributed by atoms with Gasteiger partial charge in [0.15, 0.2) is 6.29 Å². The molecule has 0 unspecified atom stereocenters. The number of aldehydes is 1. The van der Waals surface area contributed by atoms with E-state index in [1.54, 1.807) is 6.07 Å². The van der Waals surface area contributed by atoms with Gasteiger partial charge in [0.05, 0.1) is 18.4 Å². The van der Waals surface area contributed by atoms with Crippen LogP contribution in [0.3, 0.4) is 0 Å². The number of carbonyl (C=O) groups excluding carboxylic acids is 2. The van der Waals surface area contributed by atoms with E-state index in [1.807, 2.05) is 6.92 Å². The smallest absolute Gasteiger partial charge is 0.340 e. The van der Waals surface area contributed by atoms with E-state index in [-0.39, 0.29) is 11.3 Å². The van der Waals surface area contributed by atoms with Gasteiger partial charge in [0.1, 0.15) is 0 Å². The Hall–Kier alpha value is -1.84. The van der Waals surface area contributed by atoms with Gasteiger partial charge in [0, 0.05) is 5.69 Å². The fourth-order valence-electron chi connectivity index (χ4n) is 1.22. The fraction of sp³-hybridized carbons (Fsp3) is 0.273. The molecule has 0 aliphatic heterocycles. The monoisotopic (exact) mass is 207 g/mol. The molecule has 15 heavy (non-hydrogen) atoms. The number of allylic oxidation sites excluding steroid dienone is 1. The Morgan fingerprint density at radius 2 is 2.33 bits per heavy atom. The van der Waals surface area contributed by atoms with Crippen LogP contribution in [-0.2, 0) is 4.74 Å². The number of H-pyrrole nitrogens is 1. The van der Waals surface area contributed by atoms with Crippen molar-refractivity contribution in [1.82, 2.24) is 4.98 Å². The number of hydrogen-bond donors (Lipinski definition) is 1. The van der Waals surface area contributed by atoms with E-state index in [0.29, 0.717) is 12.0 Å². The Morgan fingerprint density at radius 1 is 1.67 bits per heavy atom. The van der Waals surface area contributed by atoms with Gasteiger partial charge < -0.3 is 9.72 Å². The molecule has 0 saturated heterocycles. The van der Waals surface area contributed by atoms with Crippen molar-refractivity contribution in [1.29, 1.82) is 0 Å². The first-order chi connectivity index (χ1) is 7.13. The van der Waals surface area contributed by atoms with Crippen LogP contribution >= 0.6 is 0 Å². The van der Waals surface area contributed by atoms with Crippen LogP contribution in [0.25, 0.3) is 5.57 Å². The highest BCUT2D eigenvalue weighted by molar-refractivity contribution is 5.98. The molecule has 0 aliphatic carbocycles. The van der Waals surface area contributed by atoms with Crippen LogP contribution in [0.5, 0.6) is 0 Å². The van der Waals surface area contributed by atoms with Crippen molar-refractivity contribution in [3.8, 4) is 0 Å². The minimum absolute atomic E-state index is 0.228. The highest BCUT2D eigenvalue weighted by Crippen LogP contribution is 2.18. The van der Waals surface area contributed by atoms with Crippen molar-refractivity contribution in [2.45, 2.75) is 13.3 Å². The molecule has 1 N–H and O–H groups in total. The van der Waals surface area contributed by atoms with E-state index < -0.39 is 5.97 Å². The lowest BCUT2D eigenvalue weighted by Crippen LogP contribution is -2.02. The first kappa shape index (κ1) is 11.2. The zero-order chi connectivity index (χ0) is 11.4. The third-order valence-electron chi connectivity index (χ3n) is 2.18. The summed E-state index contributed by atoms with van der Waals surface area (Å²) in [6.07, 6.45) is 1.35. The number of ether oxygens (including phenoxy) is 1. The zero-order valence-electron chi connectivity index (χ0n) is 8.79. The minimum Gasteiger partial charge on any atom is -0.465 e. The van der Waals surface area contributed by atoms with E-state index in [1.165, 1.54) is 7.11 Å². The van der Waals surface area contributed by atoms with Crippen LogP contribution < -0.4 is 0 Å². The average molecular weight is 207 g/mol. The highest BCUT2D eigenvalue weighted by atomic mass is 16.5. The molecule has 0 radical (unpaired) electrons. The van der Waals surface area contributed by atoms with Gasteiger partial charge in [0.25, 0.3) is 0 Å².